The highest BCUT2D eigenvalue weighted by Crippen LogP contribution is 2.10. The van der Waals surface area contributed by atoms with Gasteiger partial charge in [0.2, 0.25) is 0 Å². The van der Waals surface area contributed by atoms with Crippen LogP contribution < -0.4 is 4.72 Å². The van der Waals surface area contributed by atoms with Gasteiger partial charge in [-0.2, -0.15) is 0 Å². The van der Waals surface area contributed by atoms with Gasteiger partial charge < -0.3 is 0 Å². The standard InChI is InChI=1S/C9H12BrNS/c1-12-11-7-6-8-2-4-9(10)5-3-8/h2-5,11H,6-7H2,1H3. The topological polar surface area (TPSA) is 12.0 Å². The van der Waals surface area contributed by atoms with Gasteiger partial charge in [-0.05, 0) is 30.4 Å². The molecule has 0 aliphatic rings. The van der Waals surface area contributed by atoms with E-state index in [2.05, 4.69) is 44.9 Å². The Balaban J connectivity index is 2.37. The van der Waals surface area contributed by atoms with Crippen molar-refractivity contribution >= 4 is 27.9 Å². The van der Waals surface area contributed by atoms with Crippen molar-refractivity contribution in [3.8, 4) is 0 Å². The van der Waals surface area contributed by atoms with Crippen molar-refractivity contribution in [1.82, 2.24) is 4.72 Å². The first-order valence-electron chi connectivity index (χ1n) is 3.83. The van der Waals surface area contributed by atoms with Gasteiger partial charge in [0.15, 0.2) is 0 Å². The molecule has 0 spiro atoms. The lowest BCUT2D eigenvalue weighted by Crippen LogP contribution is -2.07. The molecule has 0 saturated carbocycles. The molecule has 0 fully saturated rings. The fourth-order valence-corrected chi connectivity index (χ4v) is 1.52. The van der Waals surface area contributed by atoms with Crippen LogP contribution in [0.25, 0.3) is 0 Å². The third-order valence-electron chi connectivity index (χ3n) is 1.57. The Hall–Kier alpha value is 0.01000. The van der Waals surface area contributed by atoms with E-state index in [9.17, 15) is 0 Å². The van der Waals surface area contributed by atoms with E-state index in [1.807, 2.05) is 6.26 Å². The second-order valence-electron chi connectivity index (χ2n) is 2.47. The molecule has 0 aromatic heterocycles. The smallest absolute Gasteiger partial charge is 0.0175 e. The van der Waals surface area contributed by atoms with Gasteiger partial charge in [0.05, 0.1) is 0 Å². The molecule has 0 radical (unpaired) electrons. The molecule has 12 heavy (non-hydrogen) atoms. The number of benzene rings is 1. The molecule has 1 nitrogen and oxygen atoms in total. The molecule has 0 aliphatic carbocycles. The van der Waals surface area contributed by atoms with Crippen LogP contribution in [0.4, 0.5) is 0 Å². The second-order valence-corrected chi connectivity index (χ2v) is 4.09. The molecule has 0 bridgehead atoms. The summed E-state index contributed by atoms with van der Waals surface area (Å²) in [7, 11) is 0. The van der Waals surface area contributed by atoms with Gasteiger partial charge in [0.1, 0.15) is 0 Å². The number of hydrogen-bond acceptors (Lipinski definition) is 2. The molecule has 66 valence electrons. The van der Waals surface area contributed by atoms with E-state index in [1.54, 1.807) is 11.9 Å². The number of rotatable bonds is 4. The summed E-state index contributed by atoms with van der Waals surface area (Å²) < 4.78 is 4.36. The first-order valence-corrected chi connectivity index (χ1v) is 5.85. The second kappa shape index (κ2) is 5.62. The maximum atomic E-state index is 3.41. The molecule has 0 unspecified atom stereocenters. The van der Waals surface area contributed by atoms with E-state index >= 15 is 0 Å². The molecular formula is C9H12BrNS. The SMILES string of the molecule is CSNCCc1ccc(Br)cc1. The molecule has 0 aliphatic heterocycles. The van der Waals surface area contributed by atoms with Gasteiger partial charge in [-0.15, -0.1) is 0 Å². The van der Waals surface area contributed by atoms with Gasteiger partial charge in [-0.3, -0.25) is 4.72 Å². The van der Waals surface area contributed by atoms with E-state index < -0.39 is 0 Å². The van der Waals surface area contributed by atoms with Gasteiger partial charge in [0, 0.05) is 11.0 Å². The molecule has 0 heterocycles. The lowest BCUT2D eigenvalue weighted by Gasteiger charge is -2.01. The lowest BCUT2D eigenvalue weighted by molar-refractivity contribution is 0.910. The highest BCUT2D eigenvalue weighted by atomic mass is 79.9. The summed E-state index contributed by atoms with van der Waals surface area (Å²) in [5, 5.41) is 0. The third-order valence-corrected chi connectivity index (χ3v) is 2.59. The van der Waals surface area contributed by atoms with Crippen LogP contribution in [0, 0.1) is 0 Å². The number of nitrogens with one attached hydrogen (secondary N) is 1. The molecular weight excluding hydrogens is 234 g/mol. The molecule has 0 amide bonds. The number of halogens is 1. The average Bonchev–Trinajstić information content (AvgIpc) is 2.09. The predicted octanol–water partition coefficient (Wildman–Crippen LogP) is 2.86. The molecule has 1 aromatic carbocycles. The van der Waals surface area contributed by atoms with Crippen LogP contribution in [0.15, 0.2) is 28.7 Å². The zero-order valence-corrected chi connectivity index (χ0v) is 9.41. The van der Waals surface area contributed by atoms with Crippen LogP contribution in [0.2, 0.25) is 0 Å². The minimum absolute atomic E-state index is 1.03. The van der Waals surface area contributed by atoms with Gasteiger partial charge in [-0.25, -0.2) is 0 Å². The van der Waals surface area contributed by atoms with E-state index in [0.29, 0.717) is 0 Å². The van der Waals surface area contributed by atoms with Gasteiger partial charge >= 0.3 is 0 Å². The maximum Gasteiger partial charge on any atom is 0.0175 e. The molecule has 1 aromatic rings. The first-order chi connectivity index (χ1) is 5.83. The molecule has 0 atom stereocenters. The van der Waals surface area contributed by atoms with Crippen molar-refractivity contribution in [1.29, 1.82) is 0 Å². The van der Waals surface area contributed by atoms with Gasteiger partial charge in [0.25, 0.3) is 0 Å². The summed E-state index contributed by atoms with van der Waals surface area (Å²) >= 11 is 5.07. The summed E-state index contributed by atoms with van der Waals surface area (Å²) in [6, 6.07) is 8.45. The van der Waals surface area contributed by atoms with Crippen molar-refractivity contribution in [3.63, 3.8) is 0 Å². The van der Waals surface area contributed by atoms with Crippen molar-refractivity contribution in [2.75, 3.05) is 12.8 Å². The largest absolute Gasteiger partial charge is 0.264 e. The van der Waals surface area contributed by atoms with E-state index in [-0.39, 0.29) is 0 Å². The highest BCUT2D eigenvalue weighted by Gasteiger charge is 1.91. The monoisotopic (exact) mass is 245 g/mol. The fourth-order valence-electron chi connectivity index (χ4n) is 0.949. The zero-order chi connectivity index (χ0) is 8.81. The van der Waals surface area contributed by atoms with Crippen LogP contribution in [0.5, 0.6) is 0 Å². The minimum Gasteiger partial charge on any atom is -0.264 e. The Morgan fingerprint density at radius 3 is 2.58 bits per heavy atom. The summed E-state index contributed by atoms with van der Waals surface area (Å²) in [4.78, 5) is 0. The van der Waals surface area contributed by atoms with E-state index in [1.165, 1.54) is 5.56 Å². The fraction of sp³-hybridized carbons (Fsp3) is 0.333. The van der Waals surface area contributed by atoms with Crippen LogP contribution in [0.3, 0.4) is 0 Å². The summed E-state index contributed by atoms with van der Waals surface area (Å²) in [5.74, 6) is 0. The summed E-state index contributed by atoms with van der Waals surface area (Å²) in [6.45, 7) is 1.03. The molecule has 1 rings (SSSR count). The zero-order valence-electron chi connectivity index (χ0n) is 7.01. The highest BCUT2D eigenvalue weighted by molar-refractivity contribution is 9.10. The maximum absolute atomic E-state index is 3.41. The van der Waals surface area contributed by atoms with Crippen molar-refractivity contribution < 1.29 is 0 Å². The average molecular weight is 246 g/mol. The van der Waals surface area contributed by atoms with Crippen molar-refractivity contribution in [3.05, 3.63) is 34.3 Å². The third kappa shape index (κ3) is 3.61. The Morgan fingerprint density at radius 1 is 1.33 bits per heavy atom. The summed E-state index contributed by atoms with van der Waals surface area (Å²) in [6.07, 6.45) is 3.13. The number of hydrogen-bond donors (Lipinski definition) is 1. The molecule has 1 N–H and O–H groups in total. The van der Waals surface area contributed by atoms with Gasteiger partial charge in [-0.1, -0.05) is 40.0 Å². The van der Waals surface area contributed by atoms with Crippen LogP contribution in [0.1, 0.15) is 5.56 Å². The van der Waals surface area contributed by atoms with Crippen LogP contribution in [-0.2, 0) is 6.42 Å². The Kier molecular flexibility index (Phi) is 4.73. The van der Waals surface area contributed by atoms with Crippen LogP contribution in [-0.4, -0.2) is 12.8 Å². The Bertz CT molecular complexity index is 222. The van der Waals surface area contributed by atoms with Crippen molar-refractivity contribution in [2.24, 2.45) is 0 Å². The normalized spacial score (nSPS) is 10.2. The predicted molar refractivity (Wildman–Crippen MR) is 59.4 cm³/mol. The lowest BCUT2D eigenvalue weighted by atomic mass is 10.2. The molecule has 0 saturated heterocycles. The van der Waals surface area contributed by atoms with Crippen LogP contribution >= 0.6 is 27.9 Å². The van der Waals surface area contributed by atoms with E-state index in [0.717, 1.165) is 17.4 Å². The van der Waals surface area contributed by atoms with E-state index in [4.69, 9.17) is 0 Å². The minimum atomic E-state index is 1.03. The quantitative estimate of drug-likeness (QED) is 0.647. The molecule has 3 heteroatoms. The Morgan fingerprint density at radius 2 is 2.00 bits per heavy atom. The summed E-state index contributed by atoms with van der Waals surface area (Å²) in [5.41, 5.74) is 1.37. The first kappa shape index (κ1) is 10.1. The Labute approximate surface area is 86.2 Å². The van der Waals surface area contributed by atoms with Crippen molar-refractivity contribution in [2.45, 2.75) is 6.42 Å².